The number of ether oxygens (including phenoxy) is 1. The number of H-pyrrole nitrogens is 1. The molecule has 0 saturated heterocycles. The summed E-state index contributed by atoms with van der Waals surface area (Å²) in [4.78, 5) is 15.6. The zero-order valence-corrected chi connectivity index (χ0v) is 21.3. The van der Waals surface area contributed by atoms with E-state index < -0.39 is 23.3 Å². The Kier molecular flexibility index (Phi) is 8.08. The highest BCUT2D eigenvalue weighted by Crippen LogP contribution is 2.43. The summed E-state index contributed by atoms with van der Waals surface area (Å²) in [6.07, 6.45) is 5.48. The number of para-hydroxylation sites is 1. The summed E-state index contributed by atoms with van der Waals surface area (Å²) in [6.45, 7) is 5.33. The largest absolute Gasteiger partial charge is 0.493 e. The van der Waals surface area contributed by atoms with Crippen LogP contribution in [0.1, 0.15) is 75.7 Å². The number of nitrogens with zero attached hydrogens (tertiary/aromatic N) is 1. The number of aromatic nitrogens is 1. The third kappa shape index (κ3) is 5.77. The van der Waals surface area contributed by atoms with Gasteiger partial charge < -0.3 is 14.5 Å². The first-order valence-electron chi connectivity index (χ1n) is 12.8. The maximum absolute atomic E-state index is 15.6. The maximum Gasteiger partial charge on any atom is 0.135 e. The molecule has 1 aliphatic rings. The minimum atomic E-state index is -1.54. The number of benzene rings is 2. The molecule has 36 heavy (non-hydrogen) atoms. The predicted molar refractivity (Wildman–Crippen MR) is 136 cm³/mol. The van der Waals surface area contributed by atoms with Crippen molar-refractivity contribution in [3.63, 3.8) is 0 Å². The number of carbonyl (C=O) groups excluding carboxylic acids is 1. The van der Waals surface area contributed by atoms with Crippen LogP contribution in [0.5, 0.6) is 5.75 Å². The first-order valence-corrected chi connectivity index (χ1v) is 12.8. The van der Waals surface area contributed by atoms with E-state index >= 15 is 8.78 Å². The first kappa shape index (κ1) is 26.3. The highest BCUT2D eigenvalue weighted by atomic mass is 19.1. The van der Waals surface area contributed by atoms with Crippen LogP contribution >= 0.6 is 0 Å². The van der Waals surface area contributed by atoms with Crippen LogP contribution in [0.4, 0.5) is 13.2 Å². The number of aromatic amines is 1. The summed E-state index contributed by atoms with van der Waals surface area (Å²) in [7, 11) is 0. The monoisotopic (exact) mass is 500 g/mol. The predicted octanol–water partition coefficient (Wildman–Crippen LogP) is 7.06. The number of hydrogen-bond donors (Lipinski definition) is 1. The van der Waals surface area contributed by atoms with Gasteiger partial charge in [0, 0.05) is 53.3 Å². The van der Waals surface area contributed by atoms with E-state index in [1.807, 2.05) is 36.1 Å². The minimum absolute atomic E-state index is 0.0366. The normalized spacial score (nSPS) is 18.4. The molecule has 0 bridgehead atoms. The molecule has 0 saturated carbocycles. The molecular weight excluding hydrogens is 465 g/mol. The molecule has 1 N–H and O–H groups in total. The van der Waals surface area contributed by atoms with Crippen LogP contribution in [-0.4, -0.2) is 41.0 Å². The molecular formula is C29H35F3N2O2. The molecule has 4 nitrogen and oxygen atoms in total. The third-order valence-electron chi connectivity index (χ3n) is 6.89. The van der Waals surface area contributed by atoms with E-state index in [-0.39, 0.29) is 23.9 Å². The molecule has 0 aliphatic carbocycles. The van der Waals surface area contributed by atoms with Crippen molar-refractivity contribution in [2.45, 2.75) is 77.0 Å². The zero-order valence-electron chi connectivity index (χ0n) is 21.3. The molecule has 0 fully saturated rings. The number of alkyl halides is 1. The summed E-state index contributed by atoms with van der Waals surface area (Å²) >= 11 is 0. The number of rotatable bonds is 11. The lowest BCUT2D eigenvalue weighted by Crippen LogP contribution is -2.48. The van der Waals surface area contributed by atoms with Crippen LogP contribution in [0.15, 0.2) is 36.4 Å². The quantitative estimate of drug-likeness (QED) is 0.226. The molecule has 0 unspecified atom stereocenters. The van der Waals surface area contributed by atoms with Gasteiger partial charge in [0.25, 0.3) is 0 Å². The SMILES string of the molecule is C[C@@H]1Cc2c([nH]c3ccccc23)[C@@H](c2c(F)cc(OCCCCCCC=O)cc2F)N1CC(C)(C)F. The smallest absolute Gasteiger partial charge is 0.135 e. The summed E-state index contributed by atoms with van der Waals surface area (Å²) in [5.74, 6) is -1.28. The van der Waals surface area contributed by atoms with Crippen molar-refractivity contribution in [1.82, 2.24) is 9.88 Å². The van der Waals surface area contributed by atoms with Crippen LogP contribution in [0, 0.1) is 11.6 Å². The Labute approximate surface area is 210 Å². The number of fused-ring (bicyclic) bond motifs is 3. The molecule has 3 aromatic rings. The van der Waals surface area contributed by atoms with Crippen LogP contribution in [0.25, 0.3) is 10.9 Å². The molecule has 1 aliphatic heterocycles. The second-order valence-corrected chi connectivity index (χ2v) is 10.4. The highest BCUT2D eigenvalue weighted by Gasteiger charge is 2.41. The fourth-order valence-electron chi connectivity index (χ4n) is 5.28. The van der Waals surface area contributed by atoms with E-state index in [1.54, 1.807) is 0 Å². The fourth-order valence-corrected chi connectivity index (χ4v) is 5.28. The topological polar surface area (TPSA) is 45.3 Å². The number of hydrogen-bond acceptors (Lipinski definition) is 3. The Morgan fingerprint density at radius 1 is 1.11 bits per heavy atom. The van der Waals surface area contributed by atoms with Crippen molar-refractivity contribution < 1.29 is 22.7 Å². The van der Waals surface area contributed by atoms with Crippen LogP contribution < -0.4 is 4.74 Å². The molecule has 4 rings (SSSR count). The number of unbranched alkanes of at least 4 members (excludes halogenated alkanes) is 4. The Balaban J connectivity index is 1.65. The van der Waals surface area contributed by atoms with Crippen molar-refractivity contribution in [3.05, 3.63) is 64.9 Å². The van der Waals surface area contributed by atoms with Gasteiger partial charge in [0.2, 0.25) is 0 Å². The standard InChI is InChI=1S/C29H35F3N2O2/c1-19-15-22-21-11-7-8-12-25(21)33-27(22)28(34(19)18-29(2,3)32)26-23(30)16-20(17-24(26)31)36-14-10-6-4-5-9-13-35/h7-8,11-13,16-17,19,28,33H,4-6,9-10,14-15,18H2,1-3H3/t19-,28-/m1/s1. The molecule has 2 heterocycles. The van der Waals surface area contributed by atoms with E-state index in [9.17, 15) is 9.18 Å². The first-order chi connectivity index (χ1) is 17.2. The molecule has 7 heteroatoms. The molecule has 0 amide bonds. The van der Waals surface area contributed by atoms with Gasteiger partial charge in [-0.3, -0.25) is 4.90 Å². The van der Waals surface area contributed by atoms with E-state index in [0.29, 0.717) is 25.1 Å². The van der Waals surface area contributed by atoms with Crippen molar-refractivity contribution in [2.75, 3.05) is 13.2 Å². The average Bonchev–Trinajstić information content (AvgIpc) is 3.17. The summed E-state index contributed by atoms with van der Waals surface area (Å²) in [5.41, 5.74) is 0.984. The Morgan fingerprint density at radius 2 is 1.81 bits per heavy atom. The van der Waals surface area contributed by atoms with Crippen molar-refractivity contribution >= 4 is 17.2 Å². The number of carbonyl (C=O) groups is 1. The van der Waals surface area contributed by atoms with E-state index in [4.69, 9.17) is 4.74 Å². The van der Waals surface area contributed by atoms with Gasteiger partial charge in [-0.2, -0.15) is 0 Å². The summed E-state index contributed by atoms with van der Waals surface area (Å²) in [6, 6.07) is 9.36. The molecule has 2 aromatic carbocycles. The highest BCUT2D eigenvalue weighted by molar-refractivity contribution is 5.85. The third-order valence-corrected chi connectivity index (χ3v) is 6.89. The van der Waals surface area contributed by atoms with Gasteiger partial charge in [-0.25, -0.2) is 13.2 Å². The van der Waals surface area contributed by atoms with Gasteiger partial charge in [-0.05, 0) is 51.7 Å². The minimum Gasteiger partial charge on any atom is -0.493 e. The van der Waals surface area contributed by atoms with Gasteiger partial charge in [0.1, 0.15) is 29.3 Å². The Morgan fingerprint density at radius 3 is 2.50 bits per heavy atom. The summed E-state index contributed by atoms with van der Waals surface area (Å²) < 4.78 is 51.7. The molecule has 2 atom stereocenters. The van der Waals surface area contributed by atoms with Crippen LogP contribution in [-0.2, 0) is 11.2 Å². The average molecular weight is 501 g/mol. The van der Waals surface area contributed by atoms with E-state index in [0.717, 1.165) is 48.4 Å². The number of aldehydes is 1. The molecule has 0 radical (unpaired) electrons. The van der Waals surface area contributed by atoms with Crippen molar-refractivity contribution in [1.29, 1.82) is 0 Å². The van der Waals surface area contributed by atoms with Gasteiger partial charge in [0.15, 0.2) is 0 Å². The van der Waals surface area contributed by atoms with Crippen LogP contribution in [0.2, 0.25) is 0 Å². The van der Waals surface area contributed by atoms with Gasteiger partial charge in [-0.1, -0.05) is 31.0 Å². The lowest BCUT2D eigenvalue weighted by molar-refractivity contribution is -0.107. The lowest BCUT2D eigenvalue weighted by atomic mass is 9.87. The van der Waals surface area contributed by atoms with Gasteiger partial charge >= 0.3 is 0 Å². The van der Waals surface area contributed by atoms with E-state index in [2.05, 4.69) is 4.98 Å². The Bertz CT molecular complexity index is 1180. The van der Waals surface area contributed by atoms with E-state index in [1.165, 1.54) is 26.0 Å². The lowest BCUT2D eigenvalue weighted by Gasteiger charge is -2.43. The molecule has 1 aromatic heterocycles. The van der Waals surface area contributed by atoms with Gasteiger partial charge in [-0.15, -0.1) is 0 Å². The Hall–Kier alpha value is -2.80. The second kappa shape index (κ2) is 11.1. The zero-order chi connectivity index (χ0) is 25.9. The second-order valence-electron chi connectivity index (χ2n) is 10.4. The fraction of sp³-hybridized carbons (Fsp3) is 0.483. The van der Waals surface area contributed by atoms with Crippen molar-refractivity contribution in [3.8, 4) is 5.75 Å². The molecule has 0 spiro atoms. The maximum atomic E-state index is 15.6. The number of halogens is 3. The van der Waals surface area contributed by atoms with Gasteiger partial charge in [0.05, 0.1) is 12.6 Å². The molecule has 194 valence electrons. The van der Waals surface area contributed by atoms with Crippen molar-refractivity contribution in [2.24, 2.45) is 0 Å². The number of nitrogens with one attached hydrogen (secondary N) is 1. The van der Waals surface area contributed by atoms with Crippen LogP contribution in [0.3, 0.4) is 0 Å². The summed E-state index contributed by atoms with van der Waals surface area (Å²) in [5, 5.41) is 1.03.